The predicted octanol–water partition coefficient (Wildman–Crippen LogP) is 3.17. The molecule has 6 rings (SSSR count). The number of nitrogens with one attached hydrogen (secondary N) is 1. The molecule has 0 radical (unpaired) electrons. The van der Waals surface area contributed by atoms with E-state index in [4.69, 9.17) is 9.47 Å². The average Bonchev–Trinajstić information content (AvgIpc) is 3.67. The van der Waals surface area contributed by atoms with Crippen LogP contribution in [0.15, 0.2) is 53.3 Å². The van der Waals surface area contributed by atoms with Crippen molar-refractivity contribution in [3.05, 3.63) is 81.4 Å². The number of hydrogen-bond acceptors (Lipinski definition) is 8. The van der Waals surface area contributed by atoms with Crippen molar-refractivity contribution in [1.82, 2.24) is 35.0 Å². The number of methoxy groups -OCH3 is 1. The van der Waals surface area contributed by atoms with E-state index in [1.807, 2.05) is 28.9 Å². The number of pyridine rings is 1. The normalized spacial score (nSPS) is 19.3. The second-order valence-electron chi connectivity index (χ2n) is 10.7. The third-order valence-corrected chi connectivity index (χ3v) is 8.18. The van der Waals surface area contributed by atoms with Crippen LogP contribution in [0, 0.1) is 0 Å². The molecule has 0 amide bonds. The van der Waals surface area contributed by atoms with Crippen LogP contribution in [0.3, 0.4) is 0 Å². The highest BCUT2D eigenvalue weighted by molar-refractivity contribution is 5.80. The second kappa shape index (κ2) is 11.9. The summed E-state index contributed by atoms with van der Waals surface area (Å²) >= 11 is 0. The molecule has 1 N–H and O–H groups in total. The van der Waals surface area contributed by atoms with Gasteiger partial charge < -0.3 is 14.5 Å². The Bertz CT molecular complexity index is 1490. The molecule has 2 aromatic heterocycles. The molecule has 0 spiro atoms. The van der Waals surface area contributed by atoms with Crippen molar-refractivity contribution in [3.8, 4) is 5.75 Å². The van der Waals surface area contributed by atoms with Crippen molar-refractivity contribution in [1.29, 1.82) is 0 Å². The lowest BCUT2D eigenvalue weighted by Gasteiger charge is -2.38. The molecule has 10 heteroatoms. The number of benzene rings is 2. The van der Waals surface area contributed by atoms with E-state index in [1.165, 1.54) is 11.1 Å². The lowest BCUT2D eigenvalue weighted by Crippen LogP contribution is -2.48. The van der Waals surface area contributed by atoms with Crippen molar-refractivity contribution < 1.29 is 9.47 Å². The standard InChI is InChI=1S/C30H37N7O3/c1-3-21-8-11-27-23(17-21)18-26(30(38)31-27)28(29-32-33-34-37(29)20-25-5-4-16-40-25)36-14-12-35(13-15-36)19-22-6-9-24(39-2)10-7-22/h6-11,17-18,25,28H,3-5,12-16,19-20H2,1-2H3,(H,31,38)/t25-,28-/m1/s1. The van der Waals surface area contributed by atoms with Crippen molar-refractivity contribution in [2.45, 2.75) is 51.4 Å². The number of H-pyrrole nitrogens is 1. The van der Waals surface area contributed by atoms with Crippen LogP contribution in [-0.4, -0.2) is 81.0 Å². The number of piperazine rings is 1. The summed E-state index contributed by atoms with van der Waals surface area (Å²) in [7, 11) is 1.69. The number of ether oxygens (including phenoxy) is 2. The van der Waals surface area contributed by atoms with Gasteiger partial charge >= 0.3 is 0 Å². The van der Waals surface area contributed by atoms with Gasteiger partial charge in [-0.05, 0) is 76.5 Å². The number of nitrogens with zero attached hydrogens (tertiary/aromatic N) is 6. The maximum Gasteiger partial charge on any atom is 0.253 e. The Labute approximate surface area is 233 Å². The molecule has 0 unspecified atom stereocenters. The maximum absolute atomic E-state index is 13.6. The van der Waals surface area contributed by atoms with Gasteiger partial charge in [0.1, 0.15) is 11.8 Å². The lowest BCUT2D eigenvalue weighted by molar-refractivity contribution is 0.0840. The van der Waals surface area contributed by atoms with E-state index >= 15 is 0 Å². The van der Waals surface area contributed by atoms with Gasteiger partial charge in [0, 0.05) is 50.4 Å². The second-order valence-corrected chi connectivity index (χ2v) is 10.7. The molecule has 10 nitrogen and oxygen atoms in total. The number of hydrogen-bond donors (Lipinski definition) is 1. The average molecular weight is 544 g/mol. The molecule has 210 valence electrons. The van der Waals surface area contributed by atoms with E-state index in [-0.39, 0.29) is 17.7 Å². The first-order valence-electron chi connectivity index (χ1n) is 14.2. The number of rotatable bonds is 9. The molecule has 4 aromatic rings. The molecule has 2 fully saturated rings. The molecular weight excluding hydrogens is 506 g/mol. The summed E-state index contributed by atoms with van der Waals surface area (Å²) < 4.78 is 13.0. The first-order chi connectivity index (χ1) is 19.6. The smallest absolute Gasteiger partial charge is 0.253 e. The van der Waals surface area contributed by atoms with Crippen molar-refractivity contribution in [2.75, 3.05) is 39.9 Å². The zero-order valence-electron chi connectivity index (χ0n) is 23.3. The minimum Gasteiger partial charge on any atom is -0.497 e. The summed E-state index contributed by atoms with van der Waals surface area (Å²) in [5.74, 6) is 1.56. The van der Waals surface area contributed by atoms with E-state index in [9.17, 15) is 4.79 Å². The molecule has 40 heavy (non-hydrogen) atoms. The van der Waals surface area contributed by atoms with E-state index < -0.39 is 0 Å². The Hall–Kier alpha value is -3.60. The molecule has 2 atom stereocenters. The topological polar surface area (TPSA) is 101 Å². The van der Waals surface area contributed by atoms with E-state index in [2.05, 4.69) is 61.5 Å². The molecule has 0 saturated carbocycles. The minimum absolute atomic E-state index is 0.0891. The van der Waals surface area contributed by atoms with E-state index in [0.717, 1.165) is 75.2 Å². The number of fused-ring (bicyclic) bond motifs is 1. The Kier molecular flexibility index (Phi) is 7.90. The Morgan fingerprint density at radius 3 is 2.60 bits per heavy atom. The highest BCUT2D eigenvalue weighted by Gasteiger charge is 2.33. The molecule has 2 aliphatic rings. The van der Waals surface area contributed by atoms with Gasteiger partial charge in [-0.1, -0.05) is 25.1 Å². The Morgan fingerprint density at radius 2 is 1.88 bits per heavy atom. The SMILES string of the molecule is CCc1ccc2[nH]c(=O)c([C@H](c3nnnn3C[C@H]3CCCO3)N3CCN(Cc4ccc(OC)cc4)CC3)cc2c1. The van der Waals surface area contributed by atoms with Crippen molar-refractivity contribution in [2.24, 2.45) is 0 Å². The fourth-order valence-corrected chi connectivity index (χ4v) is 5.88. The van der Waals surface area contributed by atoms with Crippen molar-refractivity contribution in [3.63, 3.8) is 0 Å². The quantitative estimate of drug-likeness (QED) is 0.344. The third kappa shape index (κ3) is 5.65. The first-order valence-corrected chi connectivity index (χ1v) is 14.2. The summed E-state index contributed by atoms with van der Waals surface area (Å²) in [6.45, 7) is 7.70. The lowest BCUT2D eigenvalue weighted by atomic mass is 10.0. The summed E-state index contributed by atoms with van der Waals surface area (Å²) in [5, 5.41) is 13.9. The molecule has 4 heterocycles. The molecule has 2 aliphatic heterocycles. The first kappa shape index (κ1) is 26.6. The van der Waals surface area contributed by atoms with Gasteiger partial charge in [-0.3, -0.25) is 14.6 Å². The van der Waals surface area contributed by atoms with Gasteiger partial charge in [-0.15, -0.1) is 5.10 Å². The van der Waals surface area contributed by atoms with Crippen LogP contribution in [0.1, 0.15) is 48.3 Å². The molecule has 2 aromatic carbocycles. The fourth-order valence-electron chi connectivity index (χ4n) is 5.88. The Morgan fingerprint density at radius 1 is 1.07 bits per heavy atom. The predicted molar refractivity (Wildman–Crippen MR) is 152 cm³/mol. The molecule has 2 saturated heterocycles. The largest absolute Gasteiger partial charge is 0.497 e. The summed E-state index contributed by atoms with van der Waals surface area (Å²) in [4.78, 5) is 21.5. The monoisotopic (exact) mass is 543 g/mol. The highest BCUT2D eigenvalue weighted by atomic mass is 16.5. The zero-order chi connectivity index (χ0) is 27.5. The van der Waals surface area contributed by atoms with Gasteiger partial charge in [-0.2, -0.15) is 0 Å². The van der Waals surface area contributed by atoms with E-state index in [0.29, 0.717) is 17.9 Å². The number of aryl methyl sites for hydroxylation is 1. The minimum atomic E-state index is -0.363. The van der Waals surface area contributed by atoms with Gasteiger partial charge in [0.05, 0.1) is 19.8 Å². The summed E-state index contributed by atoms with van der Waals surface area (Å²) in [6.07, 6.45) is 3.06. The van der Waals surface area contributed by atoms with E-state index in [1.54, 1.807) is 7.11 Å². The van der Waals surface area contributed by atoms with Crippen LogP contribution in [0.5, 0.6) is 5.75 Å². The van der Waals surface area contributed by atoms with Gasteiger partial charge in [-0.25, -0.2) is 4.68 Å². The highest BCUT2D eigenvalue weighted by Crippen LogP contribution is 2.29. The zero-order valence-corrected chi connectivity index (χ0v) is 23.3. The molecule has 0 bridgehead atoms. The van der Waals surface area contributed by atoms with Gasteiger partial charge in [0.25, 0.3) is 5.56 Å². The van der Waals surface area contributed by atoms with Crippen LogP contribution in [0.25, 0.3) is 10.9 Å². The van der Waals surface area contributed by atoms with Crippen LogP contribution >= 0.6 is 0 Å². The number of aromatic nitrogens is 5. The fraction of sp³-hybridized carbons (Fsp3) is 0.467. The van der Waals surface area contributed by atoms with Crippen LogP contribution in [0.2, 0.25) is 0 Å². The number of aromatic amines is 1. The van der Waals surface area contributed by atoms with Crippen LogP contribution in [0.4, 0.5) is 0 Å². The molecule has 0 aliphatic carbocycles. The summed E-state index contributed by atoms with van der Waals surface area (Å²) in [5.41, 5.74) is 3.90. The van der Waals surface area contributed by atoms with Crippen LogP contribution in [-0.2, 0) is 24.2 Å². The van der Waals surface area contributed by atoms with Crippen molar-refractivity contribution >= 4 is 10.9 Å². The van der Waals surface area contributed by atoms with Crippen LogP contribution < -0.4 is 10.3 Å². The Balaban J connectivity index is 1.30. The third-order valence-electron chi connectivity index (χ3n) is 8.18. The van der Waals surface area contributed by atoms with Gasteiger partial charge in [0.15, 0.2) is 5.82 Å². The maximum atomic E-state index is 13.6. The number of tetrazole rings is 1. The summed E-state index contributed by atoms with van der Waals surface area (Å²) in [6, 6.07) is 16.1. The molecular formula is C30H37N7O3. The van der Waals surface area contributed by atoms with Gasteiger partial charge in [0.2, 0.25) is 0 Å².